The van der Waals surface area contributed by atoms with E-state index in [2.05, 4.69) is 36.7 Å². The van der Waals surface area contributed by atoms with Crippen molar-refractivity contribution in [2.45, 2.75) is 50.7 Å². The molecule has 1 atom stereocenters. The first-order valence-corrected chi connectivity index (χ1v) is 18.0. The Kier molecular flexibility index (Phi) is 8.89. The van der Waals surface area contributed by atoms with Crippen molar-refractivity contribution in [2.24, 2.45) is 11.8 Å². The van der Waals surface area contributed by atoms with Gasteiger partial charge in [0.15, 0.2) is 17.3 Å². The molecule has 3 fully saturated rings. The van der Waals surface area contributed by atoms with Gasteiger partial charge >= 0.3 is 0 Å². The van der Waals surface area contributed by atoms with E-state index in [-0.39, 0.29) is 56.3 Å². The highest BCUT2D eigenvalue weighted by molar-refractivity contribution is 7.92. The third-order valence-electron chi connectivity index (χ3n) is 9.54. The number of carbonyl (C=O) groups excluding carboxylic acids is 1. The minimum Gasteiger partial charge on any atom is -0.361 e. The molecule has 8 rings (SSSR count). The van der Waals surface area contributed by atoms with E-state index < -0.39 is 21.9 Å². The third kappa shape index (κ3) is 7.27. The Hall–Kier alpha value is -3.66. The number of piperidine rings is 1. The molecule has 15 heteroatoms. The van der Waals surface area contributed by atoms with Gasteiger partial charge in [0.05, 0.1) is 18.6 Å². The van der Waals surface area contributed by atoms with Crippen LogP contribution in [0.3, 0.4) is 0 Å². The van der Waals surface area contributed by atoms with Crippen LogP contribution in [0.25, 0.3) is 11.2 Å². The van der Waals surface area contributed by atoms with Crippen LogP contribution in [-0.2, 0) is 14.8 Å². The summed E-state index contributed by atoms with van der Waals surface area (Å²) in [5.74, 6) is -1.93. The highest BCUT2D eigenvalue weighted by Crippen LogP contribution is 2.46. The van der Waals surface area contributed by atoms with Gasteiger partial charge in [0, 0.05) is 69.2 Å². The molecule has 5 aliphatic rings. The maximum atomic E-state index is 13.9. The third-order valence-corrected chi connectivity index (χ3v) is 10.8. The molecule has 3 aromatic rings. The van der Waals surface area contributed by atoms with Crippen molar-refractivity contribution in [1.29, 1.82) is 0 Å². The summed E-state index contributed by atoms with van der Waals surface area (Å²) in [6, 6.07) is 4.98. The minimum absolute atomic E-state index is 0.0348. The molecule has 4 N–H and O–H groups in total. The van der Waals surface area contributed by atoms with Crippen LogP contribution in [0.1, 0.15) is 54.4 Å². The molecule has 252 valence electrons. The summed E-state index contributed by atoms with van der Waals surface area (Å²) in [7, 11) is -3.73. The van der Waals surface area contributed by atoms with Gasteiger partial charge in [-0.3, -0.25) is 14.8 Å². The number of fused-ring (bicyclic) bond motifs is 3. The Bertz CT molecular complexity index is 1760. The normalized spacial score (nSPS) is 24.3. The molecule has 1 amide bonds. The lowest BCUT2D eigenvalue weighted by Gasteiger charge is -2.36. The predicted octanol–water partition coefficient (Wildman–Crippen LogP) is 3.70. The molecule has 1 saturated carbocycles. The van der Waals surface area contributed by atoms with Crippen molar-refractivity contribution in [3.05, 3.63) is 54.0 Å². The monoisotopic (exact) mass is 670 g/mol. The summed E-state index contributed by atoms with van der Waals surface area (Å²) in [5, 5.41) is 9.31. The van der Waals surface area contributed by atoms with Gasteiger partial charge in [-0.25, -0.2) is 27.2 Å². The number of nitrogens with one attached hydrogen (secondary N) is 4. The van der Waals surface area contributed by atoms with Gasteiger partial charge in [-0.05, 0) is 66.9 Å². The molecule has 47 heavy (non-hydrogen) atoms. The molecule has 4 heterocycles. The number of nitrogens with zero attached hydrogens (tertiary/aromatic N) is 4. The van der Waals surface area contributed by atoms with Crippen LogP contribution in [0.4, 0.5) is 26.1 Å². The highest BCUT2D eigenvalue weighted by atomic mass is 32.2. The van der Waals surface area contributed by atoms with E-state index in [0.717, 1.165) is 44.3 Å². The Labute approximate surface area is 272 Å². The topological polar surface area (TPSA) is 142 Å². The number of benzene rings is 1. The van der Waals surface area contributed by atoms with E-state index in [1.54, 1.807) is 46.1 Å². The van der Waals surface area contributed by atoms with Crippen LogP contribution < -0.4 is 25.6 Å². The molecule has 2 bridgehead atoms. The Morgan fingerprint density at radius 1 is 1.13 bits per heavy atom. The summed E-state index contributed by atoms with van der Waals surface area (Å²) in [4.78, 5) is 24.7. The van der Waals surface area contributed by atoms with Crippen molar-refractivity contribution < 1.29 is 26.7 Å². The van der Waals surface area contributed by atoms with Gasteiger partial charge in [0.2, 0.25) is 10.0 Å². The van der Waals surface area contributed by atoms with E-state index in [1.165, 1.54) is 0 Å². The second-order valence-corrected chi connectivity index (χ2v) is 14.7. The fourth-order valence-electron chi connectivity index (χ4n) is 7.03. The average molecular weight is 671 g/mol. The van der Waals surface area contributed by atoms with Gasteiger partial charge < -0.3 is 24.7 Å². The molecule has 1 unspecified atom stereocenters. The number of rotatable bonds is 10. The smallest absolute Gasteiger partial charge is 0.257 e. The van der Waals surface area contributed by atoms with Crippen LogP contribution in [-0.4, -0.2) is 85.9 Å². The van der Waals surface area contributed by atoms with Crippen molar-refractivity contribution in [3.8, 4) is 0 Å². The number of alkyl halides is 2. The number of hydrogen-bond acceptors (Lipinski definition) is 9. The van der Waals surface area contributed by atoms with Crippen LogP contribution in [0.2, 0.25) is 0 Å². The van der Waals surface area contributed by atoms with Gasteiger partial charge in [0.25, 0.3) is 11.8 Å². The molecular weight excluding hydrogens is 630 g/mol. The maximum Gasteiger partial charge on any atom is 0.257 e. The van der Waals surface area contributed by atoms with E-state index in [1.807, 2.05) is 0 Å². The zero-order chi connectivity index (χ0) is 32.6. The zero-order valence-corrected chi connectivity index (χ0v) is 26.9. The molecule has 0 spiro atoms. The maximum absolute atomic E-state index is 13.9. The van der Waals surface area contributed by atoms with Gasteiger partial charge in [0.1, 0.15) is 6.23 Å². The molecule has 12 nitrogen and oxygen atoms in total. The predicted molar refractivity (Wildman–Crippen MR) is 175 cm³/mol. The Morgan fingerprint density at radius 3 is 2.66 bits per heavy atom. The van der Waals surface area contributed by atoms with Crippen LogP contribution in [0.5, 0.6) is 0 Å². The van der Waals surface area contributed by atoms with Gasteiger partial charge in [-0.1, -0.05) is 6.08 Å². The summed E-state index contributed by atoms with van der Waals surface area (Å²) in [6.45, 7) is 2.49. The first kappa shape index (κ1) is 31.9. The number of carbonyl (C=O) groups is 1. The summed E-state index contributed by atoms with van der Waals surface area (Å²) in [5.41, 5.74) is 3.04. The number of imidazole rings is 1. The standard InChI is InChI=1S/C32H40F2N8O4S/c33-32(34)7-12-41(13-8-32)30-29-37-11-14-42(29)20-27(38-30)39-31(43)24-6-5-23(18-26(24)25-17-21-1-3-22(25)4-2-21)40-47(44,45)16-15-46-28-19-35-9-10-36-28/h5-6,11,14,17-18,20-22,28,35-36,40H,1-4,7-10,12-13,15-16,19H2,(H,39,43). The van der Waals surface area contributed by atoms with E-state index >= 15 is 0 Å². The Morgan fingerprint density at radius 2 is 1.94 bits per heavy atom. The first-order valence-electron chi connectivity index (χ1n) is 16.3. The van der Waals surface area contributed by atoms with Crippen molar-refractivity contribution in [1.82, 2.24) is 25.0 Å². The van der Waals surface area contributed by atoms with E-state index in [9.17, 15) is 22.0 Å². The minimum atomic E-state index is -3.73. The molecule has 2 saturated heterocycles. The van der Waals surface area contributed by atoms with Gasteiger partial charge in [-0.2, -0.15) is 0 Å². The lowest BCUT2D eigenvalue weighted by atomic mass is 9.69. The average Bonchev–Trinajstić information content (AvgIpc) is 3.54. The second-order valence-electron chi connectivity index (χ2n) is 12.8. The highest BCUT2D eigenvalue weighted by Gasteiger charge is 2.36. The first-order chi connectivity index (χ1) is 22.6. The van der Waals surface area contributed by atoms with Crippen molar-refractivity contribution in [3.63, 3.8) is 0 Å². The zero-order valence-electron chi connectivity index (χ0n) is 26.1. The molecular formula is C32H40F2N8O4S. The number of amides is 1. The SMILES string of the molecule is O=C(Nc1cn2ccnc2c(N2CCC(F)(F)CC2)n1)c1ccc(NS(=O)(=O)CCOC2CNCCN2)cc1C1=CC2CCC1CC2. The lowest BCUT2D eigenvalue weighted by molar-refractivity contribution is -0.0221. The fourth-order valence-corrected chi connectivity index (χ4v) is 7.94. The number of ether oxygens (including phenoxy) is 1. The van der Waals surface area contributed by atoms with E-state index in [4.69, 9.17) is 4.74 Å². The van der Waals surface area contributed by atoms with Crippen molar-refractivity contribution in [2.75, 3.05) is 60.0 Å². The molecule has 3 aliphatic carbocycles. The Balaban J connectivity index is 1.13. The summed E-state index contributed by atoms with van der Waals surface area (Å²) >= 11 is 0. The molecule has 1 aromatic carbocycles. The summed E-state index contributed by atoms with van der Waals surface area (Å²) in [6.07, 6.45) is 10.7. The summed E-state index contributed by atoms with van der Waals surface area (Å²) < 4.78 is 63.9. The van der Waals surface area contributed by atoms with Gasteiger partial charge in [-0.15, -0.1) is 0 Å². The van der Waals surface area contributed by atoms with Crippen LogP contribution >= 0.6 is 0 Å². The molecule has 0 radical (unpaired) electrons. The largest absolute Gasteiger partial charge is 0.361 e. The molecule has 2 aromatic heterocycles. The number of halogens is 2. The number of anilines is 3. The fraction of sp³-hybridized carbons (Fsp3) is 0.531. The number of allylic oxidation sites excluding steroid dienone is 2. The van der Waals surface area contributed by atoms with Crippen LogP contribution in [0.15, 0.2) is 42.9 Å². The quantitative estimate of drug-likeness (QED) is 0.254. The van der Waals surface area contributed by atoms with E-state index in [0.29, 0.717) is 40.7 Å². The number of sulfonamides is 1. The van der Waals surface area contributed by atoms with Crippen LogP contribution in [0, 0.1) is 11.8 Å². The number of piperazine rings is 1. The second kappa shape index (κ2) is 13.1. The lowest BCUT2D eigenvalue weighted by Crippen LogP contribution is -2.50. The number of hydrogen-bond donors (Lipinski definition) is 4. The van der Waals surface area contributed by atoms with Crippen molar-refractivity contribution >= 4 is 44.5 Å². The number of aromatic nitrogens is 3. The molecule has 2 aliphatic heterocycles.